The molecule has 0 aromatic heterocycles. The van der Waals surface area contributed by atoms with Crippen molar-refractivity contribution in [3.8, 4) is 0 Å². The molecule has 4 nitrogen and oxygen atoms in total. The molecule has 0 saturated heterocycles. The van der Waals surface area contributed by atoms with Gasteiger partial charge in [-0.2, -0.15) is 0 Å². The molecular weight excluding hydrogens is 332 g/mol. The second-order valence-corrected chi connectivity index (χ2v) is 5.65. The molecule has 1 aromatic carbocycles. The zero-order chi connectivity index (χ0) is 15.5. The zero-order valence-corrected chi connectivity index (χ0v) is 14.0. The van der Waals surface area contributed by atoms with Gasteiger partial charge < -0.3 is 10.6 Å². The highest BCUT2D eigenvalue weighted by atomic mass is 79.9. The van der Waals surface area contributed by atoms with Crippen molar-refractivity contribution in [1.29, 1.82) is 0 Å². The third-order valence-electron chi connectivity index (χ3n) is 3.29. The average molecular weight is 355 g/mol. The second kappa shape index (κ2) is 10.4. The molecule has 5 heteroatoms. The van der Waals surface area contributed by atoms with Crippen LogP contribution in [0.25, 0.3) is 0 Å². The van der Waals surface area contributed by atoms with Crippen LogP contribution in [0.5, 0.6) is 0 Å². The summed E-state index contributed by atoms with van der Waals surface area (Å²) in [6.07, 6.45) is 5.11. The van der Waals surface area contributed by atoms with E-state index in [-0.39, 0.29) is 0 Å². The van der Waals surface area contributed by atoms with Crippen LogP contribution in [0.2, 0.25) is 0 Å². The number of halogens is 1. The molecule has 0 saturated carbocycles. The van der Waals surface area contributed by atoms with E-state index in [9.17, 15) is 9.59 Å². The minimum atomic E-state index is -0.588. The Labute approximate surface area is 134 Å². The second-order valence-electron chi connectivity index (χ2n) is 4.85. The Morgan fingerprint density at radius 2 is 1.62 bits per heavy atom. The SMILES string of the molecule is CNC(=O)C(=O)NCCCCc1ccccc1CCCBr. The first kappa shape index (κ1) is 17.7. The highest BCUT2D eigenvalue weighted by molar-refractivity contribution is 9.09. The monoisotopic (exact) mass is 354 g/mol. The van der Waals surface area contributed by atoms with Crippen molar-refractivity contribution in [2.75, 3.05) is 18.9 Å². The van der Waals surface area contributed by atoms with Crippen molar-refractivity contribution in [3.05, 3.63) is 35.4 Å². The molecule has 21 heavy (non-hydrogen) atoms. The molecule has 1 rings (SSSR count). The normalized spacial score (nSPS) is 10.2. The van der Waals surface area contributed by atoms with Gasteiger partial charge in [0.15, 0.2) is 0 Å². The van der Waals surface area contributed by atoms with Gasteiger partial charge in [0.25, 0.3) is 0 Å². The molecule has 0 aliphatic rings. The summed E-state index contributed by atoms with van der Waals surface area (Å²) in [5, 5.41) is 5.94. The third-order valence-corrected chi connectivity index (χ3v) is 3.85. The minimum Gasteiger partial charge on any atom is -0.351 e. The van der Waals surface area contributed by atoms with Gasteiger partial charge in [0.05, 0.1) is 0 Å². The number of likely N-dealkylation sites (N-methyl/N-ethyl adjacent to an activating group) is 1. The molecule has 0 aliphatic heterocycles. The molecule has 0 atom stereocenters. The predicted octanol–water partition coefficient (Wildman–Crippen LogP) is 2.20. The number of unbranched alkanes of at least 4 members (excludes halogenated alkanes) is 1. The van der Waals surface area contributed by atoms with Crippen LogP contribution in [0, 0.1) is 0 Å². The summed E-state index contributed by atoms with van der Waals surface area (Å²) in [5.41, 5.74) is 2.79. The first-order valence-electron chi connectivity index (χ1n) is 7.31. The summed E-state index contributed by atoms with van der Waals surface area (Å²) < 4.78 is 0. The lowest BCUT2D eigenvalue weighted by Gasteiger charge is -2.09. The maximum atomic E-state index is 11.3. The maximum Gasteiger partial charge on any atom is 0.309 e. The van der Waals surface area contributed by atoms with E-state index in [1.165, 1.54) is 18.2 Å². The van der Waals surface area contributed by atoms with Gasteiger partial charge in [-0.05, 0) is 43.2 Å². The molecule has 1 aromatic rings. The molecule has 0 unspecified atom stereocenters. The maximum absolute atomic E-state index is 11.3. The van der Waals surface area contributed by atoms with Crippen LogP contribution in [0.4, 0.5) is 0 Å². The molecule has 116 valence electrons. The molecule has 0 spiro atoms. The molecular formula is C16H23BrN2O2. The van der Waals surface area contributed by atoms with Crippen molar-refractivity contribution < 1.29 is 9.59 Å². The number of alkyl halides is 1. The molecule has 0 aliphatic carbocycles. The average Bonchev–Trinajstić information content (AvgIpc) is 2.52. The number of hydrogen-bond acceptors (Lipinski definition) is 2. The highest BCUT2D eigenvalue weighted by Gasteiger charge is 2.09. The summed E-state index contributed by atoms with van der Waals surface area (Å²) in [7, 11) is 1.45. The molecule has 0 heterocycles. The summed E-state index contributed by atoms with van der Waals surface area (Å²) in [6, 6.07) is 8.51. The van der Waals surface area contributed by atoms with Crippen molar-refractivity contribution in [1.82, 2.24) is 10.6 Å². The first-order chi connectivity index (χ1) is 10.2. The lowest BCUT2D eigenvalue weighted by atomic mass is 9.99. The van der Waals surface area contributed by atoms with Crippen molar-refractivity contribution in [2.45, 2.75) is 32.1 Å². The molecule has 0 radical (unpaired) electrons. The number of carbonyl (C=O) groups is 2. The van der Waals surface area contributed by atoms with Gasteiger partial charge >= 0.3 is 11.8 Å². The largest absolute Gasteiger partial charge is 0.351 e. The number of nitrogens with one attached hydrogen (secondary N) is 2. The van der Waals surface area contributed by atoms with Gasteiger partial charge in [0, 0.05) is 18.9 Å². The van der Waals surface area contributed by atoms with E-state index in [2.05, 4.69) is 50.8 Å². The van der Waals surface area contributed by atoms with E-state index >= 15 is 0 Å². The van der Waals surface area contributed by atoms with Crippen LogP contribution >= 0.6 is 15.9 Å². The summed E-state index contributed by atoms with van der Waals surface area (Å²) >= 11 is 3.46. The van der Waals surface area contributed by atoms with Crippen molar-refractivity contribution in [3.63, 3.8) is 0 Å². The van der Waals surface area contributed by atoms with Gasteiger partial charge in [-0.3, -0.25) is 9.59 Å². The number of aryl methyl sites for hydroxylation is 2. The third kappa shape index (κ3) is 6.76. The van der Waals surface area contributed by atoms with E-state index < -0.39 is 11.8 Å². The molecule has 2 amide bonds. The van der Waals surface area contributed by atoms with Crippen molar-refractivity contribution >= 4 is 27.7 Å². The van der Waals surface area contributed by atoms with Crippen LogP contribution in [0.15, 0.2) is 24.3 Å². The number of hydrogen-bond donors (Lipinski definition) is 2. The van der Waals surface area contributed by atoms with E-state index in [1.54, 1.807) is 0 Å². The van der Waals surface area contributed by atoms with Gasteiger partial charge in [0.2, 0.25) is 0 Å². The van der Waals surface area contributed by atoms with Crippen LogP contribution in [0.1, 0.15) is 30.4 Å². The lowest BCUT2D eigenvalue weighted by Crippen LogP contribution is -2.38. The number of rotatable bonds is 8. The Hall–Kier alpha value is -1.36. The minimum absolute atomic E-state index is 0.538. The first-order valence-corrected chi connectivity index (χ1v) is 8.43. The van der Waals surface area contributed by atoms with Crippen molar-refractivity contribution in [2.24, 2.45) is 0 Å². The Morgan fingerprint density at radius 3 is 2.19 bits per heavy atom. The number of amides is 2. The smallest absolute Gasteiger partial charge is 0.309 e. The summed E-state index contributed by atoms with van der Waals surface area (Å²) in [4.78, 5) is 22.3. The van der Waals surface area contributed by atoms with Crippen LogP contribution in [0.3, 0.4) is 0 Å². The van der Waals surface area contributed by atoms with E-state index in [0.29, 0.717) is 6.54 Å². The van der Waals surface area contributed by atoms with E-state index in [4.69, 9.17) is 0 Å². The van der Waals surface area contributed by atoms with E-state index in [1.807, 2.05) is 0 Å². The van der Waals surface area contributed by atoms with Gasteiger partial charge in [-0.15, -0.1) is 0 Å². The fraction of sp³-hybridized carbons (Fsp3) is 0.500. The standard InChI is InChI=1S/C16H23BrN2O2/c1-18-15(20)16(21)19-12-5-4-9-13-7-2-3-8-14(13)10-6-11-17/h2-3,7-8H,4-6,9-12H2,1H3,(H,18,20)(H,19,21). The topological polar surface area (TPSA) is 58.2 Å². The van der Waals surface area contributed by atoms with Crippen LogP contribution < -0.4 is 10.6 Å². The van der Waals surface area contributed by atoms with Gasteiger partial charge in [-0.25, -0.2) is 0 Å². The number of benzene rings is 1. The summed E-state index contributed by atoms with van der Waals surface area (Å²) in [6.45, 7) is 0.538. The Bertz CT molecular complexity index is 463. The fourth-order valence-electron chi connectivity index (χ4n) is 2.14. The Kier molecular flexibility index (Phi) is 8.74. The molecule has 2 N–H and O–H groups in total. The summed E-state index contributed by atoms with van der Waals surface area (Å²) in [5.74, 6) is -1.15. The number of carbonyl (C=O) groups excluding carboxylic acids is 2. The van der Waals surface area contributed by atoms with E-state index in [0.717, 1.165) is 37.4 Å². The lowest BCUT2D eigenvalue weighted by molar-refractivity contribution is -0.138. The Balaban J connectivity index is 2.29. The van der Waals surface area contributed by atoms with Gasteiger partial charge in [-0.1, -0.05) is 40.2 Å². The Morgan fingerprint density at radius 1 is 1.00 bits per heavy atom. The highest BCUT2D eigenvalue weighted by Crippen LogP contribution is 2.14. The molecule has 0 fully saturated rings. The zero-order valence-electron chi connectivity index (χ0n) is 12.5. The molecule has 0 bridgehead atoms. The van der Waals surface area contributed by atoms with Crippen LogP contribution in [-0.2, 0) is 22.4 Å². The van der Waals surface area contributed by atoms with Gasteiger partial charge in [0.1, 0.15) is 0 Å². The fourth-order valence-corrected chi connectivity index (χ4v) is 2.42. The predicted molar refractivity (Wildman–Crippen MR) is 88.6 cm³/mol. The quantitative estimate of drug-likeness (QED) is 0.427. The van der Waals surface area contributed by atoms with Crippen LogP contribution in [-0.4, -0.2) is 30.7 Å².